The summed E-state index contributed by atoms with van der Waals surface area (Å²) in [6.07, 6.45) is 1.02. The van der Waals surface area contributed by atoms with Crippen LogP contribution in [-0.2, 0) is 4.79 Å². The Labute approximate surface area is 137 Å². The quantitative estimate of drug-likeness (QED) is 0.918. The van der Waals surface area contributed by atoms with E-state index in [1.54, 1.807) is 9.80 Å². The maximum absolute atomic E-state index is 12.3. The molecule has 1 aromatic carbocycles. The lowest BCUT2D eigenvalue weighted by Gasteiger charge is -2.33. The monoisotopic (exact) mass is 316 g/mol. The molecule has 6 heteroatoms. The van der Waals surface area contributed by atoms with Gasteiger partial charge >= 0.3 is 6.03 Å². The van der Waals surface area contributed by atoms with Crippen LogP contribution < -0.4 is 10.2 Å². The molecule has 2 aliphatic heterocycles. The highest BCUT2D eigenvalue weighted by atomic mass is 16.2. The number of amides is 3. The van der Waals surface area contributed by atoms with Gasteiger partial charge in [-0.2, -0.15) is 0 Å². The smallest absolute Gasteiger partial charge is 0.319 e. The summed E-state index contributed by atoms with van der Waals surface area (Å²) in [5, 5.41) is 3.00. The van der Waals surface area contributed by atoms with E-state index in [0.717, 1.165) is 13.0 Å². The third kappa shape index (κ3) is 3.11. The molecule has 0 aromatic heterocycles. The lowest BCUT2D eigenvalue weighted by atomic mass is 9.90. The fourth-order valence-corrected chi connectivity index (χ4v) is 3.35. The van der Waals surface area contributed by atoms with Gasteiger partial charge in [0.25, 0.3) is 0 Å². The highest BCUT2D eigenvalue weighted by Crippen LogP contribution is 2.33. The first-order valence-electron chi connectivity index (χ1n) is 8.20. The van der Waals surface area contributed by atoms with Crippen LogP contribution in [0.3, 0.4) is 0 Å². The molecule has 2 aliphatic rings. The molecule has 3 rings (SSSR count). The number of benzene rings is 1. The Morgan fingerprint density at radius 2 is 2.13 bits per heavy atom. The predicted molar refractivity (Wildman–Crippen MR) is 89.4 cm³/mol. The van der Waals surface area contributed by atoms with Crippen LogP contribution in [-0.4, -0.2) is 61.6 Å². The number of fused-ring (bicyclic) bond motifs is 1. The molecule has 0 spiro atoms. The summed E-state index contributed by atoms with van der Waals surface area (Å²) in [5.74, 6) is 0.346. The number of para-hydroxylation sites is 1. The van der Waals surface area contributed by atoms with Crippen LogP contribution in [0.25, 0.3) is 0 Å². The van der Waals surface area contributed by atoms with E-state index in [2.05, 4.69) is 29.4 Å². The van der Waals surface area contributed by atoms with Crippen LogP contribution in [0.4, 0.5) is 10.5 Å². The van der Waals surface area contributed by atoms with Gasteiger partial charge in [-0.05, 0) is 25.0 Å². The van der Waals surface area contributed by atoms with Gasteiger partial charge in [0, 0.05) is 38.3 Å². The molecule has 6 nitrogen and oxygen atoms in total. The summed E-state index contributed by atoms with van der Waals surface area (Å²) >= 11 is 0. The first-order chi connectivity index (χ1) is 11.1. The molecule has 1 N–H and O–H groups in total. The number of nitrogens with one attached hydrogen (secondary N) is 1. The van der Waals surface area contributed by atoms with Crippen molar-refractivity contribution in [3.63, 3.8) is 0 Å². The summed E-state index contributed by atoms with van der Waals surface area (Å²) in [4.78, 5) is 29.5. The molecule has 124 valence electrons. The number of hydrogen-bond donors (Lipinski definition) is 1. The van der Waals surface area contributed by atoms with Crippen molar-refractivity contribution in [1.29, 1.82) is 0 Å². The molecule has 0 bridgehead atoms. The second-order valence-corrected chi connectivity index (χ2v) is 6.24. The minimum absolute atomic E-state index is 0.0206. The largest absolute Gasteiger partial charge is 0.374 e. The van der Waals surface area contributed by atoms with Gasteiger partial charge < -0.3 is 15.1 Å². The Bertz CT molecular complexity index is 604. The molecule has 23 heavy (non-hydrogen) atoms. The van der Waals surface area contributed by atoms with Gasteiger partial charge in [0.15, 0.2) is 0 Å². The standard InChI is InChI=1S/C17H24N4O2/c1-3-20-12-21(11-16(20)22)17(23)18-10-13-8-9-19(2)15-7-5-4-6-14(13)15/h4-7,13H,3,8-12H2,1-2H3,(H,18,23)/t13-/m1/s1. The van der Waals surface area contributed by atoms with Gasteiger partial charge in [0.2, 0.25) is 5.91 Å². The fourth-order valence-electron chi connectivity index (χ4n) is 3.35. The van der Waals surface area contributed by atoms with Crippen molar-refractivity contribution < 1.29 is 9.59 Å². The molecule has 3 amide bonds. The molecular weight excluding hydrogens is 292 g/mol. The lowest BCUT2D eigenvalue weighted by molar-refractivity contribution is -0.126. The van der Waals surface area contributed by atoms with Gasteiger partial charge in [-0.1, -0.05) is 18.2 Å². The summed E-state index contributed by atoms with van der Waals surface area (Å²) in [5.41, 5.74) is 2.53. The summed E-state index contributed by atoms with van der Waals surface area (Å²) in [7, 11) is 2.10. The average Bonchev–Trinajstić information content (AvgIpc) is 2.95. The van der Waals surface area contributed by atoms with Crippen molar-refractivity contribution >= 4 is 17.6 Å². The second-order valence-electron chi connectivity index (χ2n) is 6.24. The van der Waals surface area contributed by atoms with Crippen molar-refractivity contribution in [2.24, 2.45) is 0 Å². The lowest BCUT2D eigenvalue weighted by Crippen LogP contribution is -2.42. The molecule has 0 saturated carbocycles. The van der Waals surface area contributed by atoms with Gasteiger partial charge in [-0.25, -0.2) is 4.79 Å². The van der Waals surface area contributed by atoms with E-state index in [1.807, 2.05) is 19.1 Å². The number of likely N-dealkylation sites (N-methyl/N-ethyl adjacent to an activating group) is 1. The van der Waals surface area contributed by atoms with Gasteiger partial charge in [-0.3, -0.25) is 9.69 Å². The van der Waals surface area contributed by atoms with Gasteiger partial charge in [0.1, 0.15) is 6.54 Å². The first-order valence-corrected chi connectivity index (χ1v) is 8.20. The van der Waals surface area contributed by atoms with Crippen molar-refractivity contribution in [3.05, 3.63) is 29.8 Å². The zero-order valence-corrected chi connectivity index (χ0v) is 13.8. The third-order valence-electron chi connectivity index (χ3n) is 4.79. The van der Waals surface area contributed by atoms with Crippen molar-refractivity contribution in [2.75, 3.05) is 44.8 Å². The van der Waals surface area contributed by atoms with E-state index in [-0.39, 0.29) is 18.5 Å². The number of hydrogen-bond acceptors (Lipinski definition) is 3. The van der Waals surface area contributed by atoms with Crippen LogP contribution >= 0.6 is 0 Å². The fraction of sp³-hybridized carbons (Fsp3) is 0.529. The van der Waals surface area contributed by atoms with Crippen molar-refractivity contribution in [3.8, 4) is 0 Å². The van der Waals surface area contributed by atoms with E-state index in [4.69, 9.17) is 0 Å². The highest BCUT2D eigenvalue weighted by Gasteiger charge is 2.30. The first kappa shape index (κ1) is 15.6. The summed E-state index contributed by atoms with van der Waals surface area (Å²) < 4.78 is 0. The minimum atomic E-state index is -0.147. The van der Waals surface area contributed by atoms with Crippen LogP contribution in [0.5, 0.6) is 0 Å². The number of nitrogens with zero attached hydrogens (tertiary/aromatic N) is 3. The van der Waals surface area contributed by atoms with E-state index in [0.29, 0.717) is 25.7 Å². The van der Waals surface area contributed by atoms with Gasteiger partial charge in [-0.15, -0.1) is 0 Å². The Morgan fingerprint density at radius 1 is 1.35 bits per heavy atom. The minimum Gasteiger partial charge on any atom is -0.374 e. The Morgan fingerprint density at radius 3 is 2.87 bits per heavy atom. The molecule has 1 atom stereocenters. The van der Waals surface area contributed by atoms with E-state index < -0.39 is 0 Å². The van der Waals surface area contributed by atoms with Crippen molar-refractivity contribution in [2.45, 2.75) is 19.3 Å². The molecule has 0 radical (unpaired) electrons. The normalized spacial score (nSPS) is 20.7. The topological polar surface area (TPSA) is 55.9 Å². The van der Waals surface area contributed by atoms with Crippen LogP contribution in [0, 0.1) is 0 Å². The molecule has 0 aliphatic carbocycles. The zero-order chi connectivity index (χ0) is 16.4. The number of anilines is 1. The van der Waals surface area contributed by atoms with Crippen LogP contribution in [0.1, 0.15) is 24.8 Å². The molecule has 2 heterocycles. The van der Waals surface area contributed by atoms with E-state index in [1.165, 1.54) is 11.3 Å². The number of carbonyl (C=O) groups is 2. The number of urea groups is 1. The third-order valence-corrected chi connectivity index (χ3v) is 4.79. The SMILES string of the molecule is CCN1CN(C(=O)NC[C@H]2CCN(C)c3ccccc32)CC1=O. The summed E-state index contributed by atoms with van der Waals surface area (Å²) in [6.45, 7) is 4.75. The average molecular weight is 316 g/mol. The molecule has 1 aromatic rings. The zero-order valence-electron chi connectivity index (χ0n) is 13.8. The van der Waals surface area contributed by atoms with E-state index >= 15 is 0 Å². The molecule has 1 fully saturated rings. The molecular formula is C17H24N4O2. The predicted octanol–water partition coefficient (Wildman–Crippen LogP) is 1.44. The van der Waals surface area contributed by atoms with Crippen LogP contribution in [0.15, 0.2) is 24.3 Å². The second kappa shape index (κ2) is 6.48. The summed E-state index contributed by atoms with van der Waals surface area (Å²) in [6, 6.07) is 8.21. The van der Waals surface area contributed by atoms with Crippen molar-refractivity contribution in [1.82, 2.24) is 15.1 Å². The number of rotatable bonds is 3. The Hall–Kier alpha value is -2.24. The number of carbonyl (C=O) groups excluding carboxylic acids is 2. The van der Waals surface area contributed by atoms with Crippen LogP contribution in [0.2, 0.25) is 0 Å². The Kier molecular flexibility index (Phi) is 4.41. The van der Waals surface area contributed by atoms with Gasteiger partial charge in [0.05, 0.1) is 6.67 Å². The highest BCUT2D eigenvalue weighted by molar-refractivity contribution is 5.87. The van der Waals surface area contributed by atoms with E-state index in [9.17, 15) is 9.59 Å². The maximum Gasteiger partial charge on any atom is 0.319 e. The molecule has 0 unspecified atom stereocenters. The Balaban J connectivity index is 1.60. The molecule has 1 saturated heterocycles. The maximum atomic E-state index is 12.3.